The van der Waals surface area contributed by atoms with Gasteiger partial charge in [0.2, 0.25) is 0 Å². The lowest BCUT2D eigenvalue weighted by Crippen LogP contribution is -2.20. The smallest absolute Gasteiger partial charge is 0.262 e. The second-order valence-electron chi connectivity index (χ2n) is 4.64. The van der Waals surface area contributed by atoms with Crippen LogP contribution in [-0.4, -0.2) is 19.1 Å². The van der Waals surface area contributed by atoms with Gasteiger partial charge in [0.05, 0.1) is 6.61 Å². The van der Waals surface area contributed by atoms with Gasteiger partial charge in [-0.05, 0) is 48.9 Å². The van der Waals surface area contributed by atoms with E-state index in [4.69, 9.17) is 15.2 Å². The standard InChI is InChI=1S/C17H20N2O3/c1-2-21-15-7-9-16(10-8-15)22-12-17(20)19-14-5-3-13(11-18)4-6-14/h3-10H,2,11-12,18H2,1H3,(H,19,20). The zero-order valence-electron chi connectivity index (χ0n) is 12.5. The Balaban J connectivity index is 1.81. The Kier molecular flexibility index (Phi) is 5.80. The predicted octanol–water partition coefficient (Wildman–Crippen LogP) is 2.56. The van der Waals surface area contributed by atoms with E-state index in [1.54, 1.807) is 12.1 Å². The number of nitrogens with one attached hydrogen (secondary N) is 1. The number of carbonyl (C=O) groups is 1. The quantitative estimate of drug-likeness (QED) is 0.824. The van der Waals surface area contributed by atoms with Crippen molar-refractivity contribution in [3.05, 3.63) is 54.1 Å². The van der Waals surface area contributed by atoms with Gasteiger partial charge in [-0.15, -0.1) is 0 Å². The van der Waals surface area contributed by atoms with Crippen molar-refractivity contribution in [3.63, 3.8) is 0 Å². The van der Waals surface area contributed by atoms with Gasteiger partial charge in [0, 0.05) is 12.2 Å². The molecule has 3 N–H and O–H groups in total. The molecule has 0 aliphatic rings. The molecule has 2 aromatic carbocycles. The van der Waals surface area contributed by atoms with Crippen LogP contribution < -0.4 is 20.5 Å². The van der Waals surface area contributed by atoms with Gasteiger partial charge in [-0.1, -0.05) is 12.1 Å². The molecule has 5 heteroatoms. The van der Waals surface area contributed by atoms with E-state index in [9.17, 15) is 4.79 Å². The number of hydrogen-bond acceptors (Lipinski definition) is 4. The van der Waals surface area contributed by atoms with Crippen LogP contribution >= 0.6 is 0 Å². The predicted molar refractivity (Wildman–Crippen MR) is 86.1 cm³/mol. The van der Waals surface area contributed by atoms with Crippen LogP contribution in [0, 0.1) is 0 Å². The molecule has 0 radical (unpaired) electrons. The normalized spacial score (nSPS) is 10.1. The largest absolute Gasteiger partial charge is 0.494 e. The Morgan fingerprint density at radius 2 is 1.59 bits per heavy atom. The Morgan fingerprint density at radius 3 is 2.14 bits per heavy atom. The summed E-state index contributed by atoms with van der Waals surface area (Å²) in [7, 11) is 0. The number of benzene rings is 2. The van der Waals surface area contributed by atoms with Crippen LogP contribution in [0.3, 0.4) is 0 Å². The fourth-order valence-corrected chi connectivity index (χ4v) is 1.87. The Morgan fingerprint density at radius 1 is 1.00 bits per heavy atom. The van der Waals surface area contributed by atoms with Crippen LogP contribution in [0.15, 0.2) is 48.5 Å². The summed E-state index contributed by atoms with van der Waals surface area (Å²) in [5.74, 6) is 1.19. The highest BCUT2D eigenvalue weighted by atomic mass is 16.5. The molecule has 0 heterocycles. The highest BCUT2D eigenvalue weighted by Crippen LogP contribution is 2.17. The minimum atomic E-state index is -0.214. The number of rotatable bonds is 7. The first kappa shape index (κ1) is 15.9. The highest BCUT2D eigenvalue weighted by Gasteiger charge is 2.04. The topological polar surface area (TPSA) is 73.6 Å². The minimum absolute atomic E-state index is 0.0490. The minimum Gasteiger partial charge on any atom is -0.494 e. The third-order valence-electron chi connectivity index (χ3n) is 2.98. The highest BCUT2D eigenvalue weighted by molar-refractivity contribution is 5.91. The Labute approximate surface area is 130 Å². The van der Waals surface area contributed by atoms with Gasteiger partial charge in [-0.2, -0.15) is 0 Å². The number of carbonyl (C=O) groups excluding carboxylic acids is 1. The van der Waals surface area contributed by atoms with Gasteiger partial charge < -0.3 is 20.5 Å². The lowest BCUT2D eigenvalue weighted by molar-refractivity contribution is -0.118. The van der Waals surface area contributed by atoms with Crippen LogP contribution in [-0.2, 0) is 11.3 Å². The van der Waals surface area contributed by atoms with Crippen molar-refractivity contribution in [1.82, 2.24) is 0 Å². The molecule has 0 saturated carbocycles. The molecule has 1 amide bonds. The Hall–Kier alpha value is -2.53. The van der Waals surface area contributed by atoms with E-state index in [-0.39, 0.29) is 12.5 Å². The van der Waals surface area contributed by atoms with Crippen LogP contribution in [0.5, 0.6) is 11.5 Å². The molecule has 5 nitrogen and oxygen atoms in total. The summed E-state index contributed by atoms with van der Waals surface area (Å²) in [5.41, 5.74) is 7.26. The second-order valence-corrected chi connectivity index (χ2v) is 4.64. The molecule has 0 bridgehead atoms. The van der Waals surface area contributed by atoms with Gasteiger partial charge in [0.15, 0.2) is 6.61 Å². The van der Waals surface area contributed by atoms with Crippen LogP contribution in [0.25, 0.3) is 0 Å². The summed E-state index contributed by atoms with van der Waals surface area (Å²) in [6, 6.07) is 14.5. The van der Waals surface area contributed by atoms with Gasteiger partial charge in [-0.25, -0.2) is 0 Å². The summed E-state index contributed by atoms with van der Waals surface area (Å²) in [5, 5.41) is 2.77. The molecule has 0 atom stereocenters. The molecule has 2 aromatic rings. The van der Waals surface area contributed by atoms with Crippen LogP contribution in [0.2, 0.25) is 0 Å². The molecule has 0 spiro atoms. The molecular weight excluding hydrogens is 280 g/mol. The van der Waals surface area contributed by atoms with E-state index >= 15 is 0 Å². The molecule has 0 aliphatic heterocycles. The molecule has 2 rings (SSSR count). The SMILES string of the molecule is CCOc1ccc(OCC(=O)Nc2ccc(CN)cc2)cc1. The maximum absolute atomic E-state index is 11.8. The second kappa shape index (κ2) is 8.05. The summed E-state index contributed by atoms with van der Waals surface area (Å²) < 4.78 is 10.8. The number of anilines is 1. The van der Waals surface area contributed by atoms with Crippen LogP contribution in [0.1, 0.15) is 12.5 Å². The first-order valence-corrected chi connectivity index (χ1v) is 7.15. The summed E-state index contributed by atoms with van der Waals surface area (Å²) in [6.07, 6.45) is 0. The molecule has 116 valence electrons. The molecular formula is C17H20N2O3. The van der Waals surface area contributed by atoms with Crippen molar-refractivity contribution < 1.29 is 14.3 Å². The fraction of sp³-hybridized carbons (Fsp3) is 0.235. The summed E-state index contributed by atoms with van der Waals surface area (Å²) >= 11 is 0. The Bertz CT molecular complexity index is 594. The van der Waals surface area contributed by atoms with E-state index in [0.29, 0.717) is 18.9 Å². The molecule has 0 saturated heterocycles. The summed E-state index contributed by atoms with van der Waals surface area (Å²) in [6.45, 7) is 2.97. The number of nitrogens with two attached hydrogens (primary N) is 1. The fourth-order valence-electron chi connectivity index (χ4n) is 1.87. The molecule has 0 unspecified atom stereocenters. The van der Waals surface area contributed by atoms with E-state index in [0.717, 1.165) is 17.0 Å². The lowest BCUT2D eigenvalue weighted by atomic mass is 10.2. The van der Waals surface area contributed by atoms with E-state index in [1.807, 2.05) is 43.3 Å². The van der Waals surface area contributed by atoms with Gasteiger partial charge in [-0.3, -0.25) is 4.79 Å². The average molecular weight is 300 g/mol. The molecule has 0 aromatic heterocycles. The average Bonchev–Trinajstić information content (AvgIpc) is 2.55. The molecule has 0 fully saturated rings. The lowest BCUT2D eigenvalue weighted by Gasteiger charge is -2.09. The van der Waals surface area contributed by atoms with Crippen molar-refractivity contribution >= 4 is 11.6 Å². The van der Waals surface area contributed by atoms with Crippen molar-refractivity contribution in [2.75, 3.05) is 18.5 Å². The molecule has 0 aliphatic carbocycles. The van der Waals surface area contributed by atoms with Crippen molar-refractivity contribution in [2.45, 2.75) is 13.5 Å². The van der Waals surface area contributed by atoms with Crippen molar-refractivity contribution in [2.24, 2.45) is 5.73 Å². The van der Waals surface area contributed by atoms with Gasteiger partial charge in [0.25, 0.3) is 5.91 Å². The van der Waals surface area contributed by atoms with Crippen molar-refractivity contribution in [1.29, 1.82) is 0 Å². The zero-order chi connectivity index (χ0) is 15.8. The monoisotopic (exact) mass is 300 g/mol. The van der Waals surface area contributed by atoms with E-state index in [2.05, 4.69) is 5.32 Å². The van der Waals surface area contributed by atoms with E-state index in [1.165, 1.54) is 0 Å². The molecule has 22 heavy (non-hydrogen) atoms. The number of hydrogen-bond donors (Lipinski definition) is 2. The summed E-state index contributed by atoms with van der Waals surface area (Å²) in [4.78, 5) is 11.8. The third kappa shape index (κ3) is 4.79. The maximum atomic E-state index is 11.8. The number of ether oxygens (including phenoxy) is 2. The number of amides is 1. The van der Waals surface area contributed by atoms with E-state index < -0.39 is 0 Å². The van der Waals surface area contributed by atoms with Gasteiger partial charge >= 0.3 is 0 Å². The van der Waals surface area contributed by atoms with Crippen molar-refractivity contribution in [3.8, 4) is 11.5 Å². The van der Waals surface area contributed by atoms with Gasteiger partial charge in [0.1, 0.15) is 11.5 Å². The third-order valence-corrected chi connectivity index (χ3v) is 2.98. The first-order valence-electron chi connectivity index (χ1n) is 7.15. The first-order chi connectivity index (χ1) is 10.7. The zero-order valence-corrected chi connectivity index (χ0v) is 12.5. The maximum Gasteiger partial charge on any atom is 0.262 e. The van der Waals surface area contributed by atoms with Crippen LogP contribution in [0.4, 0.5) is 5.69 Å².